The van der Waals surface area contributed by atoms with Crippen LogP contribution in [0.5, 0.6) is 0 Å². The van der Waals surface area contributed by atoms with Gasteiger partial charge in [0.05, 0.1) is 0 Å². The fourth-order valence-corrected chi connectivity index (χ4v) is 1.90. The molecule has 0 aliphatic heterocycles. The molecule has 0 saturated carbocycles. The second-order valence-electron chi connectivity index (χ2n) is 4.34. The lowest BCUT2D eigenvalue weighted by Crippen LogP contribution is -2.41. The minimum absolute atomic E-state index is 0.397. The van der Waals surface area contributed by atoms with Crippen molar-refractivity contribution in [1.82, 2.24) is 15.1 Å². The summed E-state index contributed by atoms with van der Waals surface area (Å²) < 4.78 is 0. The molecule has 0 saturated heterocycles. The van der Waals surface area contributed by atoms with Gasteiger partial charge in [-0.1, -0.05) is 27.7 Å². The first-order valence-corrected chi connectivity index (χ1v) is 7.03. The highest BCUT2D eigenvalue weighted by atomic mass is 16.3. The van der Waals surface area contributed by atoms with Gasteiger partial charge < -0.3 is 10.0 Å². The molecule has 0 aromatic heterocycles. The predicted molar refractivity (Wildman–Crippen MR) is 74.2 cm³/mol. The molecule has 0 aromatic carbocycles. The van der Waals surface area contributed by atoms with E-state index in [0.29, 0.717) is 0 Å². The van der Waals surface area contributed by atoms with E-state index in [1.165, 1.54) is 0 Å². The van der Waals surface area contributed by atoms with Gasteiger partial charge in [0, 0.05) is 6.54 Å². The zero-order valence-electron chi connectivity index (χ0n) is 12.1. The first-order chi connectivity index (χ1) is 8.17. The van der Waals surface area contributed by atoms with E-state index in [1.54, 1.807) is 0 Å². The number of hydrogen-bond donors (Lipinski definition) is 2. The fourth-order valence-electron chi connectivity index (χ4n) is 1.90. The van der Waals surface area contributed by atoms with Gasteiger partial charge in [-0.05, 0) is 45.7 Å². The highest BCUT2D eigenvalue weighted by Gasteiger charge is 2.07. The van der Waals surface area contributed by atoms with Crippen LogP contribution in [0, 0.1) is 0 Å². The number of hydrogen-bond acceptors (Lipinski definition) is 4. The second kappa shape index (κ2) is 11.0. The van der Waals surface area contributed by atoms with E-state index in [2.05, 4.69) is 42.8 Å². The van der Waals surface area contributed by atoms with Crippen molar-refractivity contribution in [2.24, 2.45) is 0 Å². The Bertz CT molecular complexity index is 159. The molecule has 0 aliphatic rings. The Balaban J connectivity index is 3.53. The van der Waals surface area contributed by atoms with E-state index in [0.717, 1.165) is 52.2 Å². The zero-order valence-corrected chi connectivity index (χ0v) is 12.1. The molecule has 0 aromatic rings. The van der Waals surface area contributed by atoms with E-state index >= 15 is 0 Å². The van der Waals surface area contributed by atoms with Gasteiger partial charge >= 0.3 is 0 Å². The van der Waals surface area contributed by atoms with Gasteiger partial charge in [-0.2, -0.15) is 0 Å². The summed E-state index contributed by atoms with van der Waals surface area (Å²) in [6, 6.07) is 0. The maximum Gasteiger partial charge on any atom is 0.117 e. The summed E-state index contributed by atoms with van der Waals surface area (Å²) in [5.41, 5.74) is 0. The minimum Gasteiger partial charge on any atom is -0.377 e. The molecule has 0 amide bonds. The smallest absolute Gasteiger partial charge is 0.117 e. The van der Waals surface area contributed by atoms with Gasteiger partial charge in [0.2, 0.25) is 0 Å². The van der Waals surface area contributed by atoms with Gasteiger partial charge in [0.15, 0.2) is 0 Å². The van der Waals surface area contributed by atoms with Crippen LogP contribution in [0.3, 0.4) is 0 Å². The molecule has 104 valence electrons. The van der Waals surface area contributed by atoms with E-state index < -0.39 is 6.23 Å². The monoisotopic (exact) mass is 245 g/mol. The van der Waals surface area contributed by atoms with Gasteiger partial charge in [-0.25, -0.2) is 0 Å². The molecule has 0 radical (unpaired) electrons. The molecule has 4 heteroatoms. The third kappa shape index (κ3) is 8.55. The second-order valence-corrected chi connectivity index (χ2v) is 4.34. The van der Waals surface area contributed by atoms with Crippen molar-refractivity contribution in [1.29, 1.82) is 0 Å². The summed E-state index contributed by atoms with van der Waals surface area (Å²) in [5, 5.41) is 13.0. The van der Waals surface area contributed by atoms with Crippen LogP contribution < -0.4 is 5.32 Å². The number of aliphatic hydroxyl groups excluding tert-OH is 1. The molecule has 0 fully saturated rings. The van der Waals surface area contributed by atoms with Crippen LogP contribution in [-0.4, -0.2) is 66.9 Å². The predicted octanol–water partition coefficient (Wildman–Crippen LogP) is 0.968. The molecule has 0 rings (SSSR count). The number of nitrogens with zero attached hydrogens (tertiary/aromatic N) is 2. The summed E-state index contributed by atoms with van der Waals surface area (Å²) in [4.78, 5) is 4.63. The van der Waals surface area contributed by atoms with Crippen LogP contribution >= 0.6 is 0 Å². The van der Waals surface area contributed by atoms with Crippen molar-refractivity contribution in [3.63, 3.8) is 0 Å². The first-order valence-electron chi connectivity index (χ1n) is 7.03. The molecule has 0 aliphatic carbocycles. The van der Waals surface area contributed by atoms with Gasteiger partial charge in [-0.15, -0.1) is 0 Å². The maximum absolute atomic E-state index is 9.80. The molecule has 1 unspecified atom stereocenters. The lowest BCUT2D eigenvalue weighted by atomic mass is 10.3. The third-order valence-electron chi connectivity index (χ3n) is 3.25. The highest BCUT2D eigenvalue weighted by molar-refractivity contribution is 4.62. The lowest BCUT2D eigenvalue weighted by Gasteiger charge is -2.23. The molecule has 17 heavy (non-hydrogen) atoms. The number of aliphatic hydroxyl groups is 1. The third-order valence-corrected chi connectivity index (χ3v) is 3.25. The number of nitrogens with one attached hydrogen (secondary N) is 1. The van der Waals surface area contributed by atoms with Crippen LogP contribution in [-0.2, 0) is 0 Å². The minimum atomic E-state index is -0.397. The number of likely N-dealkylation sites (N-methyl/N-ethyl adjacent to an activating group) is 1. The Kier molecular flexibility index (Phi) is 10.9. The normalized spacial score (nSPS) is 13.6. The molecule has 1 atom stereocenters. The van der Waals surface area contributed by atoms with E-state index in [4.69, 9.17) is 0 Å². The van der Waals surface area contributed by atoms with Gasteiger partial charge in [0.25, 0.3) is 0 Å². The van der Waals surface area contributed by atoms with Gasteiger partial charge in [-0.3, -0.25) is 10.2 Å². The topological polar surface area (TPSA) is 38.7 Å². The van der Waals surface area contributed by atoms with Crippen molar-refractivity contribution in [3.05, 3.63) is 0 Å². The molecular formula is C13H31N3O. The molecular weight excluding hydrogens is 214 g/mol. The van der Waals surface area contributed by atoms with Crippen molar-refractivity contribution < 1.29 is 5.11 Å². The summed E-state index contributed by atoms with van der Waals surface area (Å²) in [5.74, 6) is 0. The van der Waals surface area contributed by atoms with Crippen molar-refractivity contribution in [2.45, 2.75) is 40.3 Å². The Morgan fingerprint density at radius 2 is 1.47 bits per heavy atom. The summed E-state index contributed by atoms with van der Waals surface area (Å²) in [7, 11) is 0. The maximum atomic E-state index is 9.80. The largest absolute Gasteiger partial charge is 0.377 e. The first kappa shape index (κ1) is 16.8. The quantitative estimate of drug-likeness (QED) is 0.420. The molecule has 2 N–H and O–H groups in total. The lowest BCUT2D eigenvalue weighted by molar-refractivity contribution is 0.0885. The van der Waals surface area contributed by atoms with Crippen molar-refractivity contribution >= 4 is 0 Å². The van der Waals surface area contributed by atoms with Crippen LogP contribution in [0.1, 0.15) is 34.1 Å². The standard InChI is InChI=1S/C13H31N3O/c1-5-15(6-2)11-9-10-14-13(17)12-16(7-3)8-4/h13-14,17H,5-12H2,1-4H3. The zero-order chi connectivity index (χ0) is 13.1. The molecule has 4 nitrogen and oxygen atoms in total. The average molecular weight is 245 g/mol. The van der Waals surface area contributed by atoms with Gasteiger partial charge in [0.1, 0.15) is 6.23 Å². The SMILES string of the molecule is CCN(CC)CCCNC(O)CN(CC)CC. The Morgan fingerprint density at radius 1 is 0.941 bits per heavy atom. The van der Waals surface area contributed by atoms with E-state index in [-0.39, 0.29) is 0 Å². The van der Waals surface area contributed by atoms with Crippen molar-refractivity contribution in [3.8, 4) is 0 Å². The summed E-state index contributed by atoms with van der Waals surface area (Å²) in [6.07, 6.45) is 0.698. The molecule has 0 heterocycles. The summed E-state index contributed by atoms with van der Waals surface area (Å²) >= 11 is 0. The summed E-state index contributed by atoms with van der Waals surface area (Å²) in [6.45, 7) is 15.5. The van der Waals surface area contributed by atoms with Crippen LogP contribution in [0.15, 0.2) is 0 Å². The Labute approximate surface area is 107 Å². The fraction of sp³-hybridized carbons (Fsp3) is 1.00. The Morgan fingerprint density at radius 3 is 1.94 bits per heavy atom. The van der Waals surface area contributed by atoms with E-state index in [1.807, 2.05) is 0 Å². The highest BCUT2D eigenvalue weighted by Crippen LogP contribution is 1.92. The molecule has 0 spiro atoms. The van der Waals surface area contributed by atoms with Crippen LogP contribution in [0.2, 0.25) is 0 Å². The average Bonchev–Trinajstić information content (AvgIpc) is 2.36. The number of rotatable bonds is 11. The van der Waals surface area contributed by atoms with Crippen LogP contribution in [0.25, 0.3) is 0 Å². The van der Waals surface area contributed by atoms with Crippen molar-refractivity contribution in [2.75, 3.05) is 45.8 Å². The Hall–Kier alpha value is -0.160. The molecule has 0 bridgehead atoms. The van der Waals surface area contributed by atoms with Crippen LogP contribution in [0.4, 0.5) is 0 Å². The van der Waals surface area contributed by atoms with E-state index in [9.17, 15) is 5.11 Å².